The predicted octanol–water partition coefficient (Wildman–Crippen LogP) is 6.46. The van der Waals surface area contributed by atoms with Crippen LogP contribution < -0.4 is 4.90 Å². The van der Waals surface area contributed by atoms with Gasteiger partial charge in [-0.1, -0.05) is 121 Å². The topological polar surface area (TPSA) is 52.6 Å². The maximum absolute atomic E-state index is 13.5. The van der Waals surface area contributed by atoms with Crippen molar-refractivity contribution in [3.63, 3.8) is 0 Å². The van der Waals surface area contributed by atoms with Crippen molar-refractivity contribution in [1.82, 2.24) is 19.2 Å². The van der Waals surface area contributed by atoms with Crippen LogP contribution in [0.2, 0.25) is 0 Å². The molecule has 1 aliphatic rings. The second kappa shape index (κ2) is 14.2. The number of rotatable bonds is 11. The van der Waals surface area contributed by atoms with Crippen molar-refractivity contribution in [2.45, 2.75) is 25.4 Å². The van der Waals surface area contributed by atoms with E-state index in [4.69, 9.17) is 4.98 Å². The number of carbonyl (C=O) groups is 1. The van der Waals surface area contributed by atoms with Gasteiger partial charge in [-0.05, 0) is 22.3 Å². The monoisotopic (exact) mass is 587 g/mol. The smallest absolute Gasteiger partial charge is 0.224 e. The lowest BCUT2D eigenvalue weighted by Crippen LogP contribution is -2.50. The van der Waals surface area contributed by atoms with E-state index in [1.807, 2.05) is 29.2 Å². The summed E-state index contributed by atoms with van der Waals surface area (Å²) in [7, 11) is 0. The first-order chi connectivity index (χ1) is 21.2. The Morgan fingerprint density at radius 2 is 1.26 bits per heavy atom. The average Bonchev–Trinajstić information content (AvgIpc) is 3.53. The Labute approximate surface area is 258 Å². The molecule has 1 fully saturated rings. The van der Waals surface area contributed by atoms with Crippen LogP contribution in [0.15, 0.2) is 121 Å². The van der Waals surface area contributed by atoms with E-state index in [1.165, 1.54) is 33.8 Å². The number of hydrogen-bond donors (Lipinski definition) is 0. The fourth-order valence-corrected chi connectivity index (χ4v) is 6.48. The van der Waals surface area contributed by atoms with E-state index in [2.05, 4.69) is 111 Å². The molecule has 0 bridgehead atoms. The number of aromatic nitrogens is 2. The SMILES string of the molecule is O=C(CCN(Cc1ccccc1)c1nc(Cc2ccccc2)ns1)N1CCN(C(c2ccccc2)c2ccccc2)CC1. The number of hydrogen-bond acceptors (Lipinski definition) is 6. The first-order valence-corrected chi connectivity index (χ1v) is 15.8. The first-order valence-electron chi connectivity index (χ1n) is 15.0. The average molecular weight is 588 g/mol. The molecular formula is C36H37N5OS. The third kappa shape index (κ3) is 7.55. The van der Waals surface area contributed by atoms with E-state index in [9.17, 15) is 4.79 Å². The van der Waals surface area contributed by atoms with Crippen molar-refractivity contribution in [1.29, 1.82) is 0 Å². The standard InChI is InChI=1S/C36H37N5OS/c42-34(39-23-25-40(26-24-39)35(31-17-9-3-10-18-31)32-19-11-4-12-20-32)21-22-41(28-30-15-7-2-8-16-30)36-37-33(38-43-36)27-29-13-5-1-6-14-29/h1-20,35H,21-28H2. The summed E-state index contributed by atoms with van der Waals surface area (Å²) < 4.78 is 4.65. The fourth-order valence-electron chi connectivity index (χ4n) is 5.77. The lowest BCUT2D eigenvalue weighted by atomic mass is 9.96. The van der Waals surface area contributed by atoms with Crippen LogP contribution in [0.5, 0.6) is 0 Å². The summed E-state index contributed by atoms with van der Waals surface area (Å²) in [5.74, 6) is 1.01. The number of benzene rings is 4. The first kappa shape index (κ1) is 28.8. The highest BCUT2D eigenvalue weighted by atomic mass is 32.1. The molecule has 2 heterocycles. The van der Waals surface area contributed by atoms with Crippen LogP contribution in [-0.4, -0.2) is 57.8 Å². The van der Waals surface area contributed by atoms with E-state index >= 15 is 0 Å². The Morgan fingerprint density at radius 1 is 0.721 bits per heavy atom. The number of piperazine rings is 1. The van der Waals surface area contributed by atoms with Gasteiger partial charge in [-0.15, -0.1) is 0 Å². The zero-order valence-corrected chi connectivity index (χ0v) is 25.2. The third-order valence-corrected chi connectivity index (χ3v) is 8.82. The Morgan fingerprint density at radius 3 is 1.84 bits per heavy atom. The Hall–Kier alpha value is -4.33. The molecule has 0 unspecified atom stereocenters. The summed E-state index contributed by atoms with van der Waals surface area (Å²) in [6.07, 6.45) is 1.15. The van der Waals surface area contributed by atoms with E-state index in [0.717, 1.165) is 37.1 Å². The zero-order valence-electron chi connectivity index (χ0n) is 24.3. The summed E-state index contributed by atoms with van der Waals surface area (Å²) >= 11 is 1.42. The van der Waals surface area contributed by atoms with Gasteiger partial charge in [0.1, 0.15) is 5.82 Å². The number of anilines is 1. The van der Waals surface area contributed by atoms with Gasteiger partial charge in [0.25, 0.3) is 0 Å². The van der Waals surface area contributed by atoms with Crippen molar-refractivity contribution in [2.24, 2.45) is 0 Å². The molecule has 1 aromatic heterocycles. The minimum atomic E-state index is 0.184. The van der Waals surface area contributed by atoms with Gasteiger partial charge < -0.3 is 9.80 Å². The molecule has 4 aromatic carbocycles. The molecule has 43 heavy (non-hydrogen) atoms. The summed E-state index contributed by atoms with van der Waals surface area (Å²) in [5.41, 5.74) is 4.95. The minimum Gasteiger partial charge on any atom is -0.342 e. The van der Waals surface area contributed by atoms with Crippen molar-refractivity contribution < 1.29 is 4.79 Å². The van der Waals surface area contributed by atoms with Crippen LogP contribution in [0.3, 0.4) is 0 Å². The Bertz CT molecular complexity index is 1520. The number of amides is 1. The largest absolute Gasteiger partial charge is 0.342 e. The highest BCUT2D eigenvalue weighted by Gasteiger charge is 2.28. The molecule has 218 valence electrons. The van der Waals surface area contributed by atoms with Gasteiger partial charge in [-0.3, -0.25) is 9.69 Å². The van der Waals surface area contributed by atoms with Crippen LogP contribution >= 0.6 is 11.5 Å². The minimum absolute atomic E-state index is 0.184. The molecule has 6 rings (SSSR count). The zero-order chi connectivity index (χ0) is 29.3. The molecule has 1 aliphatic heterocycles. The lowest BCUT2D eigenvalue weighted by Gasteiger charge is -2.40. The van der Waals surface area contributed by atoms with E-state index in [1.54, 1.807) is 0 Å². The van der Waals surface area contributed by atoms with E-state index in [-0.39, 0.29) is 11.9 Å². The lowest BCUT2D eigenvalue weighted by molar-refractivity contribution is -0.133. The van der Waals surface area contributed by atoms with Crippen LogP contribution in [-0.2, 0) is 17.8 Å². The fraction of sp³-hybridized carbons (Fsp3) is 0.250. The number of nitrogens with zero attached hydrogens (tertiary/aromatic N) is 5. The molecule has 0 N–H and O–H groups in total. The quantitative estimate of drug-likeness (QED) is 0.178. The van der Waals surface area contributed by atoms with Crippen molar-refractivity contribution in [3.05, 3.63) is 149 Å². The van der Waals surface area contributed by atoms with Gasteiger partial charge in [0.2, 0.25) is 11.0 Å². The van der Waals surface area contributed by atoms with E-state index in [0.29, 0.717) is 25.9 Å². The van der Waals surface area contributed by atoms with Gasteiger partial charge in [0.05, 0.1) is 6.04 Å². The highest BCUT2D eigenvalue weighted by molar-refractivity contribution is 7.09. The van der Waals surface area contributed by atoms with Crippen molar-refractivity contribution >= 4 is 22.6 Å². The van der Waals surface area contributed by atoms with Gasteiger partial charge >= 0.3 is 0 Å². The molecule has 1 amide bonds. The molecule has 0 aliphatic carbocycles. The maximum atomic E-state index is 13.5. The second-order valence-corrected chi connectivity index (χ2v) is 11.7. The van der Waals surface area contributed by atoms with Gasteiger partial charge in [0, 0.05) is 63.6 Å². The normalized spacial score (nSPS) is 13.7. The molecule has 1 saturated heterocycles. The van der Waals surface area contributed by atoms with Crippen molar-refractivity contribution in [2.75, 3.05) is 37.6 Å². The summed E-state index contributed by atoms with van der Waals surface area (Å²) in [4.78, 5) is 25.1. The van der Waals surface area contributed by atoms with Crippen LogP contribution in [0.4, 0.5) is 5.13 Å². The Balaban J connectivity index is 1.10. The van der Waals surface area contributed by atoms with Crippen LogP contribution in [0, 0.1) is 0 Å². The van der Waals surface area contributed by atoms with E-state index < -0.39 is 0 Å². The van der Waals surface area contributed by atoms with Gasteiger partial charge in [0.15, 0.2) is 0 Å². The molecule has 7 heteroatoms. The number of carbonyl (C=O) groups excluding carboxylic acids is 1. The van der Waals surface area contributed by atoms with Gasteiger partial charge in [-0.25, -0.2) is 4.98 Å². The molecule has 0 spiro atoms. The summed E-state index contributed by atoms with van der Waals surface area (Å²) in [5, 5.41) is 0.862. The molecule has 5 aromatic rings. The van der Waals surface area contributed by atoms with Gasteiger partial charge in [-0.2, -0.15) is 4.37 Å². The third-order valence-electron chi connectivity index (χ3n) is 8.01. The summed E-state index contributed by atoms with van der Waals surface area (Å²) in [6, 6.07) is 42.2. The van der Waals surface area contributed by atoms with Crippen LogP contribution in [0.1, 0.15) is 40.5 Å². The molecule has 0 atom stereocenters. The summed E-state index contributed by atoms with van der Waals surface area (Å²) in [6.45, 7) is 4.43. The van der Waals surface area contributed by atoms with Crippen LogP contribution in [0.25, 0.3) is 0 Å². The molecule has 0 saturated carbocycles. The molecule has 0 radical (unpaired) electrons. The molecular weight excluding hydrogens is 550 g/mol. The molecule has 6 nitrogen and oxygen atoms in total. The maximum Gasteiger partial charge on any atom is 0.224 e. The second-order valence-electron chi connectivity index (χ2n) is 11.0. The highest BCUT2D eigenvalue weighted by Crippen LogP contribution is 2.29. The van der Waals surface area contributed by atoms with Crippen molar-refractivity contribution in [3.8, 4) is 0 Å². The predicted molar refractivity (Wildman–Crippen MR) is 174 cm³/mol. The Kier molecular flexibility index (Phi) is 9.52.